The number of rotatable bonds is 5. The summed E-state index contributed by atoms with van der Waals surface area (Å²) in [6.07, 6.45) is 1.89. The Balaban J connectivity index is 1.55. The highest BCUT2D eigenvalue weighted by Gasteiger charge is 2.34. The molecule has 0 unspecified atom stereocenters. The molecule has 5 aromatic rings. The lowest BCUT2D eigenvalue weighted by atomic mass is 9.75. The number of fused-ring (bicyclic) bond motifs is 7. The summed E-state index contributed by atoms with van der Waals surface area (Å²) in [6, 6.07) is 33.3. The van der Waals surface area contributed by atoms with Gasteiger partial charge >= 0.3 is 7.12 Å². The SMILES string of the molecule is COC[C@@H](C)N=Cc1ccccc1B1Oc2ccc3ccccc3c2-c2c(ccc3ccccc23)O1. The van der Waals surface area contributed by atoms with E-state index in [0.29, 0.717) is 6.61 Å². The molecule has 0 amide bonds. The van der Waals surface area contributed by atoms with Crippen molar-refractivity contribution >= 4 is 40.3 Å². The van der Waals surface area contributed by atoms with Gasteiger partial charge < -0.3 is 14.0 Å². The molecule has 1 atom stereocenters. The first-order chi connectivity index (χ1) is 17.7. The maximum Gasteiger partial charge on any atom is 0.633 e. The molecule has 0 spiro atoms. The second-order valence-electron chi connectivity index (χ2n) is 9.10. The summed E-state index contributed by atoms with van der Waals surface area (Å²) in [6.45, 7) is 2.60. The van der Waals surface area contributed by atoms with Crippen LogP contribution in [-0.4, -0.2) is 33.1 Å². The van der Waals surface area contributed by atoms with E-state index < -0.39 is 7.12 Å². The molecule has 0 N–H and O–H groups in total. The van der Waals surface area contributed by atoms with Gasteiger partial charge in [-0.3, -0.25) is 4.99 Å². The predicted octanol–water partition coefficient (Wildman–Crippen LogP) is 6.28. The summed E-state index contributed by atoms with van der Waals surface area (Å²) in [5, 5.41) is 4.61. The molecule has 1 aliphatic rings. The maximum absolute atomic E-state index is 6.67. The van der Waals surface area contributed by atoms with E-state index in [-0.39, 0.29) is 6.04 Å². The summed E-state index contributed by atoms with van der Waals surface area (Å²) < 4.78 is 18.6. The van der Waals surface area contributed by atoms with E-state index in [9.17, 15) is 0 Å². The van der Waals surface area contributed by atoms with Gasteiger partial charge in [0.2, 0.25) is 0 Å². The molecular formula is C31H26BNO3. The van der Waals surface area contributed by atoms with Crippen molar-refractivity contribution in [2.45, 2.75) is 13.0 Å². The molecule has 0 radical (unpaired) electrons. The molecule has 5 aromatic carbocycles. The fourth-order valence-corrected chi connectivity index (χ4v) is 4.93. The number of hydrogen-bond donors (Lipinski definition) is 0. The van der Waals surface area contributed by atoms with Crippen LogP contribution in [0.2, 0.25) is 0 Å². The molecule has 0 bridgehead atoms. The minimum Gasteiger partial charge on any atom is -0.521 e. The number of methoxy groups -OCH3 is 1. The quantitative estimate of drug-likeness (QED) is 0.224. The zero-order valence-corrected chi connectivity index (χ0v) is 20.3. The minimum absolute atomic E-state index is 0.0539. The van der Waals surface area contributed by atoms with Gasteiger partial charge in [-0.1, -0.05) is 84.9 Å². The highest BCUT2D eigenvalue weighted by atomic mass is 16.6. The monoisotopic (exact) mass is 471 g/mol. The largest absolute Gasteiger partial charge is 0.633 e. The Hall–Kier alpha value is -4.09. The van der Waals surface area contributed by atoms with Gasteiger partial charge in [0.15, 0.2) is 0 Å². The highest BCUT2D eigenvalue weighted by Crippen LogP contribution is 2.47. The van der Waals surface area contributed by atoms with Crippen LogP contribution in [-0.2, 0) is 4.74 Å². The predicted molar refractivity (Wildman–Crippen MR) is 149 cm³/mol. The standard InChI is InChI=1S/C31H26BNO3/c1-21(20-34-2)33-19-24-11-5-8-14-27(24)32-35-28-17-15-22-9-3-6-12-25(22)30(28)31-26-13-7-4-10-23(26)16-18-29(31)36-32/h3-19,21H,20H2,1-2H3/t21-/m1/s1. The molecule has 0 saturated heterocycles. The van der Waals surface area contributed by atoms with Gasteiger partial charge in [0.05, 0.1) is 12.6 Å². The van der Waals surface area contributed by atoms with Crippen LogP contribution in [0.1, 0.15) is 12.5 Å². The summed E-state index contributed by atoms with van der Waals surface area (Å²) in [5.74, 6) is 1.60. The molecular weight excluding hydrogens is 445 g/mol. The molecule has 1 aliphatic heterocycles. The second kappa shape index (κ2) is 9.52. The van der Waals surface area contributed by atoms with Gasteiger partial charge in [-0.2, -0.15) is 0 Å². The number of nitrogens with zero attached hydrogens (tertiary/aromatic N) is 1. The Labute approximate surface area is 211 Å². The molecule has 1 heterocycles. The zero-order valence-electron chi connectivity index (χ0n) is 20.3. The lowest BCUT2D eigenvalue weighted by Gasteiger charge is -2.16. The highest BCUT2D eigenvalue weighted by molar-refractivity contribution is 6.64. The number of ether oxygens (including phenoxy) is 1. The third-order valence-electron chi connectivity index (χ3n) is 6.63. The van der Waals surface area contributed by atoms with Gasteiger partial charge in [0.1, 0.15) is 11.5 Å². The number of benzene rings is 5. The summed E-state index contributed by atoms with van der Waals surface area (Å²) >= 11 is 0. The van der Waals surface area contributed by atoms with Crippen molar-refractivity contribution in [3.63, 3.8) is 0 Å². The number of aliphatic imine (C=N–C) groups is 1. The fraction of sp³-hybridized carbons (Fsp3) is 0.129. The smallest absolute Gasteiger partial charge is 0.521 e. The van der Waals surface area contributed by atoms with E-state index in [4.69, 9.17) is 14.0 Å². The second-order valence-corrected chi connectivity index (χ2v) is 9.10. The zero-order chi connectivity index (χ0) is 24.5. The van der Waals surface area contributed by atoms with E-state index in [1.807, 2.05) is 37.4 Å². The number of hydrogen-bond acceptors (Lipinski definition) is 4. The third kappa shape index (κ3) is 4.02. The molecule has 36 heavy (non-hydrogen) atoms. The van der Waals surface area contributed by atoms with Crippen LogP contribution in [0.3, 0.4) is 0 Å². The molecule has 4 nitrogen and oxygen atoms in total. The summed E-state index contributed by atoms with van der Waals surface area (Å²) in [5.41, 5.74) is 3.99. The Bertz CT molecular complexity index is 1510. The Morgan fingerprint density at radius 2 is 1.31 bits per heavy atom. The summed E-state index contributed by atoms with van der Waals surface area (Å²) in [4.78, 5) is 4.67. The lowest BCUT2D eigenvalue weighted by molar-refractivity contribution is 0.186. The van der Waals surface area contributed by atoms with Crippen molar-refractivity contribution in [2.24, 2.45) is 4.99 Å². The first kappa shape index (κ1) is 22.4. The van der Waals surface area contributed by atoms with Crippen molar-refractivity contribution in [1.29, 1.82) is 0 Å². The van der Waals surface area contributed by atoms with Crippen LogP contribution in [0.5, 0.6) is 11.5 Å². The van der Waals surface area contributed by atoms with Crippen molar-refractivity contribution in [1.82, 2.24) is 0 Å². The van der Waals surface area contributed by atoms with Gasteiger partial charge in [-0.05, 0) is 46.2 Å². The van der Waals surface area contributed by atoms with E-state index in [1.165, 1.54) is 0 Å². The van der Waals surface area contributed by atoms with Crippen molar-refractivity contribution < 1.29 is 14.0 Å². The van der Waals surface area contributed by atoms with Crippen LogP contribution in [0.15, 0.2) is 102 Å². The average molecular weight is 471 g/mol. The molecule has 6 rings (SSSR count). The molecule has 5 heteroatoms. The van der Waals surface area contributed by atoms with Crippen LogP contribution in [0.25, 0.3) is 32.7 Å². The molecule has 176 valence electrons. The molecule has 0 aliphatic carbocycles. The third-order valence-corrected chi connectivity index (χ3v) is 6.63. The van der Waals surface area contributed by atoms with Crippen LogP contribution in [0.4, 0.5) is 0 Å². The van der Waals surface area contributed by atoms with Crippen LogP contribution in [0, 0.1) is 0 Å². The summed E-state index contributed by atoms with van der Waals surface area (Å²) in [7, 11) is 1.06. The first-order valence-corrected chi connectivity index (χ1v) is 12.2. The first-order valence-electron chi connectivity index (χ1n) is 12.2. The lowest BCUT2D eigenvalue weighted by Crippen LogP contribution is -2.44. The Morgan fingerprint density at radius 1 is 0.750 bits per heavy atom. The van der Waals surface area contributed by atoms with Gasteiger partial charge in [-0.15, -0.1) is 0 Å². The molecule has 0 saturated carbocycles. The van der Waals surface area contributed by atoms with Crippen molar-refractivity contribution in [3.05, 3.63) is 103 Å². The fourth-order valence-electron chi connectivity index (χ4n) is 4.93. The van der Waals surface area contributed by atoms with Crippen molar-refractivity contribution in [3.8, 4) is 22.6 Å². The van der Waals surface area contributed by atoms with Gasteiger partial charge in [0, 0.05) is 29.9 Å². The van der Waals surface area contributed by atoms with E-state index in [1.54, 1.807) is 7.11 Å². The van der Waals surface area contributed by atoms with Crippen molar-refractivity contribution in [2.75, 3.05) is 13.7 Å². The van der Waals surface area contributed by atoms with E-state index >= 15 is 0 Å². The maximum atomic E-state index is 6.67. The Morgan fingerprint density at radius 3 is 1.92 bits per heavy atom. The normalized spacial score (nSPS) is 13.7. The Kier molecular flexibility index (Phi) is 5.92. The van der Waals surface area contributed by atoms with Crippen LogP contribution < -0.4 is 14.8 Å². The van der Waals surface area contributed by atoms with E-state index in [0.717, 1.165) is 55.2 Å². The molecule has 0 fully saturated rings. The van der Waals surface area contributed by atoms with Crippen LogP contribution >= 0.6 is 0 Å². The average Bonchev–Trinajstić information content (AvgIpc) is 3.09. The van der Waals surface area contributed by atoms with Gasteiger partial charge in [0.25, 0.3) is 0 Å². The minimum atomic E-state index is -0.632. The van der Waals surface area contributed by atoms with Gasteiger partial charge in [-0.25, -0.2) is 0 Å². The molecule has 0 aromatic heterocycles. The van der Waals surface area contributed by atoms with E-state index in [2.05, 4.69) is 77.8 Å². The topological polar surface area (TPSA) is 40.0 Å².